The molecule has 0 heterocycles. The van der Waals surface area contributed by atoms with Crippen LogP contribution in [-0.4, -0.2) is 38.2 Å². The van der Waals surface area contributed by atoms with E-state index in [-0.39, 0.29) is 11.3 Å². The standard InChI is InChI=1S/C18H18N2O7/c1-2-13(10-3-6-12(21)7-4-10)16(18(24)25)19-17(23)11-5-8-14(20(26)27)15(22)9-11/h3-9,13,16,21-22H,2H2,1H3,(H,19,23)(H,24,25). The lowest BCUT2D eigenvalue weighted by molar-refractivity contribution is -0.385. The number of phenolic OH excluding ortho intramolecular Hbond substituents is 2. The van der Waals surface area contributed by atoms with E-state index in [1.807, 2.05) is 0 Å². The molecule has 9 heteroatoms. The topological polar surface area (TPSA) is 150 Å². The number of aliphatic carboxylic acids is 1. The number of amides is 1. The van der Waals surface area contributed by atoms with E-state index in [0.717, 1.165) is 18.2 Å². The summed E-state index contributed by atoms with van der Waals surface area (Å²) in [6.45, 7) is 1.76. The molecule has 2 atom stereocenters. The molecule has 27 heavy (non-hydrogen) atoms. The van der Waals surface area contributed by atoms with Gasteiger partial charge in [-0.15, -0.1) is 0 Å². The summed E-state index contributed by atoms with van der Waals surface area (Å²) in [6.07, 6.45) is 0.396. The monoisotopic (exact) mass is 374 g/mol. The van der Waals surface area contributed by atoms with E-state index in [1.165, 1.54) is 12.1 Å². The van der Waals surface area contributed by atoms with Crippen molar-refractivity contribution >= 4 is 17.6 Å². The van der Waals surface area contributed by atoms with Crippen LogP contribution < -0.4 is 5.32 Å². The van der Waals surface area contributed by atoms with Gasteiger partial charge in [0.25, 0.3) is 5.91 Å². The first-order chi connectivity index (χ1) is 12.7. The number of hydrogen-bond donors (Lipinski definition) is 4. The minimum absolute atomic E-state index is 0.0332. The third-order valence-corrected chi connectivity index (χ3v) is 4.15. The average Bonchev–Trinajstić information content (AvgIpc) is 2.62. The molecule has 0 aromatic heterocycles. The van der Waals surface area contributed by atoms with Crippen molar-refractivity contribution < 1.29 is 29.8 Å². The number of carboxylic acids is 1. The maximum Gasteiger partial charge on any atom is 0.326 e. The Labute approximate surface area is 154 Å². The lowest BCUT2D eigenvalue weighted by atomic mass is 9.88. The predicted octanol–water partition coefficient (Wildman–Crippen LogP) is 2.38. The van der Waals surface area contributed by atoms with Crippen LogP contribution in [0, 0.1) is 10.1 Å². The molecule has 2 aromatic carbocycles. The molecule has 0 spiro atoms. The summed E-state index contributed by atoms with van der Waals surface area (Å²) >= 11 is 0. The Balaban J connectivity index is 2.28. The molecule has 2 unspecified atom stereocenters. The molecule has 1 amide bonds. The zero-order chi connectivity index (χ0) is 20.1. The largest absolute Gasteiger partial charge is 0.508 e. The molecule has 4 N–H and O–H groups in total. The summed E-state index contributed by atoms with van der Waals surface area (Å²) in [7, 11) is 0. The first-order valence-electron chi connectivity index (χ1n) is 8.04. The summed E-state index contributed by atoms with van der Waals surface area (Å²) in [6, 6.07) is 7.73. The Bertz CT molecular complexity index is 865. The van der Waals surface area contributed by atoms with Crippen molar-refractivity contribution in [3.8, 4) is 11.5 Å². The normalized spacial score (nSPS) is 12.8. The molecular formula is C18H18N2O7. The van der Waals surface area contributed by atoms with Gasteiger partial charge in [0.1, 0.15) is 11.8 Å². The Morgan fingerprint density at radius 3 is 2.26 bits per heavy atom. The average molecular weight is 374 g/mol. The molecule has 142 valence electrons. The second-order valence-corrected chi connectivity index (χ2v) is 5.86. The molecule has 0 saturated carbocycles. The van der Waals surface area contributed by atoms with E-state index >= 15 is 0 Å². The van der Waals surface area contributed by atoms with Crippen LogP contribution in [0.2, 0.25) is 0 Å². The maximum absolute atomic E-state index is 12.4. The summed E-state index contributed by atoms with van der Waals surface area (Å²) in [5.41, 5.74) is -0.0451. The minimum Gasteiger partial charge on any atom is -0.508 e. The van der Waals surface area contributed by atoms with Crippen molar-refractivity contribution in [2.45, 2.75) is 25.3 Å². The highest BCUT2D eigenvalue weighted by atomic mass is 16.6. The van der Waals surface area contributed by atoms with Crippen molar-refractivity contribution in [1.29, 1.82) is 0 Å². The fourth-order valence-electron chi connectivity index (χ4n) is 2.76. The van der Waals surface area contributed by atoms with Crippen molar-refractivity contribution in [3.05, 3.63) is 63.7 Å². The second kappa shape index (κ2) is 8.17. The van der Waals surface area contributed by atoms with Crippen LogP contribution in [0.5, 0.6) is 11.5 Å². The number of nitrogens with zero attached hydrogens (tertiary/aromatic N) is 1. The number of carboxylic acid groups (broad SMARTS) is 1. The summed E-state index contributed by atoms with van der Waals surface area (Å²) in [4.78, 5) is 34.0. The van der Waals surface area contributed by atoms with Gasteiger partial charge in [0, 0.05) is 17.5 Å². The van der Waals surface area contributed by atoms with Gasteiger partial charge in [-0.05, 0) is 36.2 Å². The number of hydrogen-bond acceptors (Lipinski definition) is 6. The van der Waals surface area contributed by atoms with Gasteiger partial charge in [0.05, 0.1) is 4.92 Å². The van der Waals surface area contributed by atoms with Crippen molar-refractivity contribution in [2.24, 2.45) is 0 Å². The van der Waals surface area contributed by atoms with Gasteiger partial charge in [0.2, 0.25) is 0 Å². The molecular weight excluding hydrogens is 356 g/mol. The Morgan fingerprint density at radius 1 is 1.15 bits per heavy atom. The highest BCUT2D eigenvalue weighted by molar-refractivity contribution is 5.97. The van der Waals surface area contributed by atoms with Crippen LogP contribution in [0.3, 0.4) is 0 Å². The summed E-state index contributed by atoms with van der Waals surface area (Å²) in [5.74, 6) is -3.27. The number of nitrogens with one attached hydrogen (secondary N) is 1. The van der Waals surface area contributed by atoms with Crippen molar-refractivity contribution in [3.63, 3.8) is 0 Å². The number of phenols is 2. The highest BCUT2D eigenvalue weighted by Gasteiger charge is 2.30. The van der Waals surface area contributed by atoms with Gasteiger partial charge in [-0.2, -0.15) is 0 Å². The van der Waals surface area contributed by atoms with Gasteiger partial charge in [0.15, 0.2) is 5.75 Å². The third kappa shape index (κ3) is 4.51. The predicted molar refractivity (Wildman–Crippen MR) is 94.8 cm³/mol. The minimum atomic E-state index is -1.27. The number of aromatic hydroxyl groups is 2. The molecule has 2 rings (SSSR count). The van der Waals surface area contributed by atoms with Crippen LogP contribution >= 0.6 is 0 Å². The van der Waals surface area contributed by atoms with E-state index < -0.39 is 40.2 Å². The number of nitro groups is 1. The third-order valence-electron chi connectivity index (χ3n) is 4.15. The molecule has 0 aliphatic carbocycles. The molecule has 0 radical (unpaired) electrons. The maximum atomic E-state index is 12.4. The Kier molecular flexibility index (Phi) is 5.96. The van der Waals surface area contributed by atoms with Gasteiger partial charge in [-0.1, -0.05) is 19.1 Å². The van der Waals surface area contributed by atoms with Gasteiger partial charge in [-0.3, -0.25) is 14.9 Å². The molecule has 2 aromatic rings. The van der Waals surface area contributed by atoms with Crippen LogP contribution in [-0.2, 0) is 4.79 Å². The van der Waals surface area contributed by atoms with Gasteiger partial charge in [-0.25, -0.2) is 4.79 Å². The van der Waals surface area contributed by atoms with E-state index in [4.69, 9.17) is 0 Å². The fraction of sp³-hybridized carbons (Fsp3) is 0.222. The zero-order valence-corrected chi connectivity index (χ0v) is 14.3. The zero-order valence-electron chi connectivity index (χ0n) is 14.3. The van der Waals surface area contributed by atoms with Crippen LogP contribution in [0.25, 0.3) is 0 Å². The van der Waals surface area contributed by atoms with Crippen LogP contribution in [0.4, 0.5) is 5.69 Å². The first kappa shape index (κ1) is 19.7. The number of benzene rings is 2. The van der Waals surface area contributed by atoms with Gasteiger partial charge < -0.3 is 20.6 Å². The summed E-state index contributed by atoms with van der Waals surface area (Å²) < 4.78 is 0. The Hall–Kier alpha value is -3.62. The van der Waals surface area contributed by atoms with Crippen LogP contribution in [0.1, 0.15) is 35.2 Å². The molecule has 0 aliphatic rings. The summed E-state index contributed by atoms with van der Waals surface area (Å²) in [5, 5.41) is 41.7. The quantitative estimate of drug-likeness (QED) is 0.429. The molecule has 0 bridgehead atoms. The Morgan fingerprint density at radius 2 is 1.78 bits per heavy atom. The highest BCUT2D eigenvalue weighted by Crippen LogP contribution is 2.28. The van der Waals surface area contributed by atoms with Crippen LogP contribution in [0.15, 0.2) is 42.5 Å². The first-order valence-corrected chi connectivity index (χ1v) is 8.04. The van der Waals surface area contributed by atoms with E-state index in [9.17, 15) is 35.0 Å². The van der Waals surface area contributed by atoms with Crippen molar-refractivity contribution in [2.75, 3.05) is 0 Å². The number of carbonyl (C=O) groups is 2. The molecule has 0 saturated heterocycles. The van der Waals surface area contributed by atoms with E-state index in [1.54, 1.807) is 19.1 Å². The second-order valence-electron chi connectivity index (χ2n) is 5.86. The molecule has 0 fully saturated rings. The smallest absolute Gasteiger partial charge is 0.326 e. The number of carbonyl (C=O) groups excluding carboxylic acids is 1. The number of rotatable bonds is 7. The van der Waals surface area contributed by atoms with Crippen molar-refractivity contribution in [1.82, 2.24) is 5.32 Å². The molecule has 9 nitrogen and oxygen atoms in total. The van der Waals surface area contributed by atoms with Gasteiger partial charge >= 0.3 is 11.7 Å². The van der Waals surface area contributed by atoms with E-state index in [0.29, 0.717) is 12.0 Å². The SMILES string of the molecule is CCC(c1ccc(O)cc1)C(NC(=O)c1ccc([N+](=O)[O-])c(O)c1)C(=O)O. The number of nitro benzene ring substituents is 1. The van der Waals surface area contributed by atoms with E-state index in [2.05, 4.69) is 5.32 Å². The fourth-order valence-corrected chi connectivity index (χ4v) is 2.76. The lowest BCUT2D eigenvalue weighted by Gasteiger charge is -2.24. The lowest BCUT2D eigenvalue weighted by Crippen LogP contribution is -2.44. The molecule has 0 aliphatic heterocycles.